The molecule has 5 nitrogen and oxygen atoms in total. The molecule has 0 bridgehead atoms. The van der Waals surface area contributed by atoms with Gasteiger partial charge in [-0.1, -0.05) is 30.3 Å². The number of rotatable bonds is 3. The Bertz CT molecular complexity index is 973. The van der Waals surface area contributed by atoms with Crippen molar-refractivity contribution in [3.8, 4) is 11.3 Å². The first-order valence-electron chi connectivity index (χ1n) is 6.59. The summed E-state index contributed by atoms with van der Waals surface area (Å²) < 4.78 is 25.7. The van der Waals surface area contributed by atoms with E-state index in [9.17, 15) is 13.2 Å². The summed E-state index contributed by atoms with van der Waals surface area (Å²) in [6.07, 6.45) is 1.15. The van der Waals surface area contributed by atoms with E-state index < -0.39 is 15.9 Å². The largest absolute Gasteiger partial charge is 0.366 e. The van der Waals surface area contributed by atoms with E-state index in [2.05, 4.69) is 0 Å². The van der Waals surface area contributed by atoms with Crippen molar-refractivity contribution in [3.05, 3.63) is 60.2 Å². The van der Waals surface area contributed by atoms with Crippen LogP contribution in [-0.4, -0.2) is 24.6 Å². The number of carbonyl (C=O) groups is 1. The number of fused-ring (bicyclic) bond motifs is 1. The van der Waals surface area contributed by atoms with Crippen molar-refractivity contribution in [2.45, 2.75) is 0 Å². The number of benzene rings is 2. The minimum Gasteiger partial charge on any atom is -0.366 e. The lowest BCUT2D eigenvalue weighted by molar-refractivity contribution is 0.100. The van der Waals surface area contributed by atoms with Crippen LogP contribution in [0.4, 0.5) is 0 Å². The third-order valence-electron chi connectivity index (χ3n) is 3.44. The maximum absolute atomic E-state index is 12.2. The van der Waals surface area contributed by atoms with Crippen molar-refractivity contribution >= 4 is 26.8 Å². The highest BCUT2D eigenvalue weighted by Gasteiger charge is 2.18. The number of carbonyl (C=O) groups excluding carboxylic acids is 1. The van der Waals surface area contributed by atoms with Gasteiger partial charge in [0.15, 0.2) is 0 Å². The fourth-order valence-electron chi connectivity index (χ4n) is 2.51. The Morgan fingerprint density at radius 2 is 1.73 bits per heavy atom. The van der Waals surface area contributed by atoms with Crippen LogP contribution < -0.4 is 5.73 Å². The lowest BCUT2D eigenvalue weighted by Gasteiger charge is -2.08. The van der Waals surface area contributed by atoms with Gasteiger partial charge >= 0.3 is 0 Å². The van der Waals surface area contributed by atoms with Gasteiger partial charge in [-0.25, -0.2) is 12.4 Å². The lowest BCUT2D eigenvalue weighted by Crippen LogP contribution is -2.12. The molecule has 0 saturated carbocycles. The Morgan fingerprint density at radius 1 is 1.05 bits per heavy atom. The molecule has 0 aliphatic heterocycles. The van der Waals surface area contributed by atoms with Crippen molar-refractivity contribution in [3.63, 3.8) is 0 Å². The molecule has 0 radical (unpaired) electrons. The summed E-state index contributed by atoms with van der Waals surface area (Å²) in [6, 6.07) is 15.7. The maximum Gasteiger partial charge on any atom is 0.248 e. The van der Waals surface area contributed by atoms with Crippen LogP contribution in [0.2, 0.25) is 0 Å². The molecule has 3 aromatic rings. The molecule has 1 aromatic heterocycles. The molecule has 2 N–H and O–H groups in total. The van der Waals surface area contributed by atoms with Gasteiger partial charge in [-0.2, -0.15) is 0 Å². The molecule has 2 aromatic carbocycles. The molecule has 22 heavy (non-hydrogen) atoms. The molecule has 112 valence electrons. The van der Waals surface area contributed by atoms with Gasteiger partial charge in [0.2, 0.25) is 15.9 Å². The molecule has 1 amide bonds. The van der Waals surface area contributed by atoms with E-state index in [-0.39, 0.29) is 0 Å². The van der Waals surface area contributed by atoms with E-state index in [1.807, 2.05) is 30.3 Å². The van der Waals surface area contributed by atoms with Crippen LogP contribution in [0.1, 0.15) is 10.4 Å². The van der Waals surface area contributed by atoms with Gasteiger partial charge in [-0.3, -0.25) is 4.79 Å². The van der Waals surface area contributed by atoms with Crippen LogP contribution in [0.3, 0.4) is 0 Å². The SMILES string of the molecule is CS(=O)(=O)n1c(-c2ccccc2)cc2cc(C(N)=O)ccc21. The Kier molecular flexibility index (Phi) is 3.26. The summed E-state index contributed by atoms with van der Waals surface area (Å²) in [5.74, 6) is -0.546. The molecule has 0 aliphatic rings. The van der Waals surface area contributed by atoms with E-state index in [1.165, 1.54) is 10.0 Å². The summed E-state index contributed by atoms with van der Waals surface area (Å²) >= 11 is 0. The van der Waals surface area contributed by atoms with Crippen LogP contribution in [-0.2, 0) is 10.0 Å². The number of hydrogen-bond donors (Lipinski definition) is 1. The highest BCUT2D eigenvalue weighted by atomic mass is 32.2. The molecule has 0 spiro atoms. The normalized spacial score (nSPS) is 11.7. The van der Waals surface area contributed by atoms with Crippen LogP contribution in [0.25, 0.3) is 22.2 Å². The molecule has 3 rings (SSSR count). The third kappa shape index (κ3) is 2.37. The number of amides is 1. The topological polar surface area (TPSA) is 82.2 Å². The van der Waals surface area contributed by atoms with E-state index in [4.69, 9.17) is 5.73 Å². The van der Waals surface area contributed by atoms with Gasteiger partial charge in [-0.05, 0) is 29.8 Å². The average Bonchev–Trinajstić information content (AvgIpc) is 2.86. The zero-order chi connectivity index (χ0) is 15.9. The van der Waals surface area contributed by atoms with E-state index in [1.54, 1.807) is 18.2 Å². The second-order valence-electron chi connectivity index (χ2n) is 5.06. The fraction of sp³-hybridized carbons (Fsp3) is 0.0625. The van der Waals surface area contributed by atoms with Gasteiger partial charge in [0, 0.05) is 10.9 Å². The summed E-state index contributed by atoms with van der Waals surface area (Å²) in [7, 11) is -3.50. The Balaban J connectivity index is 2.39. The monoisotopic (exact) mass is 314 g/mol. The van der Waals surface area contributed by atoms with Crippen molar-refractivity contribution in [1.82, 2.24) is 3.97 Å². The Morgan fingerprint density at radius 3 is 2.32 bits per heavy atom. The molecule has 0 saturated heterocycles. The second kappa shape index (κ2) is 4.99. The summed E-state index contributed by atoms with van der Waals surface area (Å²) in [5, 5.41) is 0.653. The van der Waals surface area contributed by atoms with Gasteiger partial charge in [0.05, 0.1) is 17.5 Å². The Hall–Kier alpha value is -2.60. The zero-order valence-electron chi connectivity index (χ0n) is 11.9. The highest BCUT2D eigenvalue weighted by Crippen LogP contribution is 2.30. The Labute approximate surface area is 128 Å². The van der Waals surface area contributed by atoms with Gasteiger partial charge < -0.3 is 5.73 Å². The van der Waals surface area contributed by atoms with E-state index >= 15 is 0 Å². The average molecular weight is 314 g/mol. The molecule has 0 atom stereocenters. The summed E-state index contributed by atoms with van der Waals surface area (Å²) in [4.78, 5) is 11.3. The maximum atomic E-state index is 12.2. The first-order chi connectivity index (χ1) is 10.4. The van der Waals surface area contributed by atoms with Gasteiger partial charge in [0.1, 0.15) is 0 Å². The minimum absolute atomic E-state index is 0.345. The van der Waals surface area contributed by atoms with Crippen molar-refractivity contribution < 1.29 is 13.2 Å². The number of aromatic nitrogens is 1. The zero-order valence-corrected chi connectivity index (χ0v) is 12.7. The summed E-state index contributed by atoms with van der Waals surface area (Å²) in [5.41, 5.74) is 7.48. The highest BCUT2D eigenvalue weighted by molar-refractivity contribution is 7.89. The molecule has 0 fully saturated rings. The third-order valence-corrected chi connectivity index (χ3v) is 4.50. The molecule has 1 heterocycles. The standard InChI is InChI=1S/C16H14N2O3S/c1-22(20,21)18-14-8-7-12(16(17)19)9-13(14)10-15(18)11-5-3-2-4-6-11/h2-10H,1H3,(H2,17,19). The molecular weight excluding hydrogens is 300 g/mol. The van der Waals surface area contributed by atoms with Crippen LogP contribution in [0.15, 0.2) is 54.6 Å². The number of primary amides is 1. The predicted octanol–water partition coefficient (Wildman–Crippen LogP) is 2.21. The van der Waals surface area contributed by atoms with Crippen molar-refractivity contribution in [2.24, 2.45) is 5.73 Å². The van der Waals surface area contributed by atoms with Crippen LogP contribution >= 0.6 is 0 Å². The molecule has 6 heteroatoms. The minimum atomic E-state index is -3.50. The van der Waals surface area contributed by atoms with Crippen molar-refractivity contribution in [2.75, 3.05) is 6.26 Å². The second-order valence-corrected chi connectivity index (χ2v) is 6.89. The van der Waals surface area contributed by atoms with Crippen molar-refractivity contribution in [1.29, 1.82) is 0 Å². The smallest absolute Gasteiger partial charge is 0.248 e. The number of nitrogens with zero attached hydrogens (tertiary/aromatic N) is 1. The van der Waals surface area contributed by atoms with Crippen LogP contribution in [0.5, 0.6) is 0 Å². The van der Waals surface area contributed by atoms with Crippen LogP contribution in [0, 0.1) is 0 Å². The first-order valence-corrected chi connectivity index (χ1v) is 8.44. The quantitative estimate of drug-likeness (QED) is 0.804. The molecular formula is C16H14N2O3S. The predicted molar refractivity (Wildman–Crippen MR) is 86.1 cm³/mol. The molecule has 0 unspecified atom stereocenters. The lowest BCUT2D eigenvalue weighted by atomic mass is 10.1. The van der Waals surface area contributed by atoms with E-state index in [0.29, 0.717) is 22.2 Å². The van der Waals surface area contributed by atoms with Gasteiger partial charge in [0.25, 0.3) is 0 Å². The summed E-state index contributed by atoms with van der Waals surface area (Å²) in [6.45, 7) is 0. The fourth-order valence-corrected chi connectivity index (χ4v) is 3.55. The molecule has 0 aliphatic carbocycles. The van der Waals surface area contributed by atoms with E-state index in [0.717, 1.165) is 11.8 Å². The first kappa shape index (κ1) is 14.3. The number of hydrogen-bond acceptors (Lipinski definition) is 3. The number of nitrogens with two attached hydrogens (primary N) is 1. The van der Waals surface area contributed by atoms with Gasteiger partial charge in [-0.15, -0.1) is 0 Å².